The molecule has 4 heteroatoms. The van der Waals surface area contributed by atoms with Gasteiger partial charge in [0.1, 0.15) is 0 Å². The van der Waals surface area contributed by atoms with Gasteiger partial charge in [-0.2, -0.15) is 0 Å². The number of nitrogens with zero attached hydrogens (tertiary/aromatic N) is 1. The molecule has 4 aliphatic rings. The third-order valence-corrected chi connectivity index (χ3v) is 8.85. The van der Waals surface area contributed by atoms with Gasteiger partial charge in [-0.15, -0.1) is 0 Å². The van der Waals surface area contributed by atoms with Gasteiger partial charge in [-0.1, -0.05) is 39.0 Å². The number of amides is 1. The molecule has 0 aromatic heterocycles. The Bertz CT molecular complexity index is 890. The summed E-state index contributed by atoms with van der Waals surface area (Å²) in [7, 11) is 0. The van der Waals surface area contributed by atoms with Crippen molar-refractivity contribution in [1.82, 2.24) is 4.90 Å². The number of piperidine rings is 1. The molecule has 1 amide bonds. The molecule has 0 unspecified atom stereocenters. The second kappa shape index (κ2) is 7.08. The fourth-order valence-electron chi connectivity index (χ4n) is 6.68. The lowest BCUT2D eigenvalue weighted by molar-refractivity contribution is -0.147. The number of cyclic esters (lactones) is 1. The van der Waals surface area contributed by atoms with Crippen molar-refractivity contribution >= 4 is 11.9 Å². The van der Waals surface area contributed by atoms with Crippen molar-refractivity contribution in [2.45, 2.75) is 84.0 Å². The lowest BCUT2D eigenvalue weighted by atomic mass is 9.55. The zero-order chi connectivity index (χ0) is 22.0. The zero-order valence-corrected chi connectivity index (χ0v) is 19.6. The van der Waals surface area contributed by atoms with Gasteiger partial charge in [0.25, 0.3) is 0 Å². The van der Waals surface area contributed by atoms with Crippen molar-refractivity contribution in [3.05, 3.63) is 34.9 Å². The summed E-state index contributed by atoms with van der Waals surface area (Å²) in [5, 5.41) is 0. The molecular formula is C27H37NO3. The SMILES string of the molecule is Cc1ccc(C(C)(C)C)cc1C1CC2(CCN(C(=O)C3CC4(COC(=O)C4)C3)CC2)C1. The average molecular weight is 424 g/mol. The first-order chi connectivity index (χ1) is 14.6. The third-order valence-electron chi connectivity index (χ3n) is 8.85. The minimum Gasteiger partial charge on any atom is -0.465 e. The molecule has 2 aliphatic carbocycles. The normalized spacial score (nSPS) is 27.2. The van der Waals surface area contributed by atoms with E-state index in [0.29, 0.717) is 30.3 Å². The van der Waals surface area contributed by atoms with E-state index in [9.17, 15) is 9.59 Å². The number of hydrogen-bond acceptors (Lipinski definition) is 3. The van der Waals surface area contributed by atoms with Gasteiger partial charge in [-0.05, 0) is 78.9 Å². The molecule has 2 saturated carbocycles. The fourth-order valence-corrected chi connectivity index (χ4v) is 6.68. The van der Waals surface area contributed by atoms with Crippen molar-refractivity contribution in [1.29, 1.82) is 0 Å². The van der Waals surface area contributed by atoms with Crippen molar-refractivity contribution < 1.29 is 14.3 Å². The topological polar surface area (TPSA) is 46.6 Å². The molecule has 1 aromatic carbocycles. The van der Waals surface area contributed by atoms with E-state index < -0.39 is 0 Å². The Morgan fingerprint density at radius 1 is 1.06 bits per heavy atom. The Morgan fingerprint density at radius 2 is 1.74 bits per heavy atom. The Labute approximate surface area is 186 Å². The molecule has 168 valence electrons. The maximum Gasteiger partial charge on any atom is 0.306 e. The van der Waals surface area contributed by atoms with Crippen LogP contribution in [-0.2, 0) is 19.7 Å². The number of esters is 1. The average Bonchev–Trinajstić information content (AvgIpc) is 3.06. The number of likely N-dealkylation sites (tertiary alicyclic amines) is 1. The van der Waals surface area contributed by atoms with Crippen LogP contribution in [0.25, 0.3) is 0 Å². The smallest absolute Gasteiger partial charge is 0.306 e. The molecule has 0 atom stereocenters. The number of hydrogen-bond donors (Lipinski definition) is 0. The summed E-state index contributed by atoms with van der Waals surface area (Å²) in [6.07, 6.45) is 7.02. The summed E-state index contributed by atoms with van der Waals surface area (Å²) in [5.74, 6) is 1.02. The van der Waals surface area contributed by atoms with Crippen molar-refractivity contribution in [3.63, 3.8) is 0 Å². The first kappa shape index (κ1) is 21.0. The van der Waals surface area contributed by atoms with Crippen molar-refractivity contribution in [2.75, 3.05) is 19.7 Å². The molecule has 0 bridgehead atoms. The van der Waals surface area contributed by atoms with Gasteiger partial charge in [0, 0.05) is 24.4 Å². The highest BCUT2D eigenvalue weighted by Crippen LogP contribution is 2.58. The number of ether oxygens (including phenoxy) is 1. The van der Waals surface area contributed by atoms with E-state index in [1.54, 1.807) is 5.56 Å². The number of aryl methyl sites for hydroxylation is 1. The molecule has 1 aromatic rings. The Morgan fingerprint density at radius 3 is 2.32 bits per heavy atom. The molecule has 2 heterocycles. The second-order valence-corrected chi connectivity index (χ2v) is 12.2. The predicted octanol–water partition coefficient (Wildman–Crippen LogP) is 5.12. The minimum atomic E-state index is -0.0892. The van der Waals surface area contributed by atoms with Crippen LogP contribution in [0.15, 0.2) is 18.2 Å². The van der Waals surface area contributed by atoms with Gasteiger partial charge in [0.15, 0.2) is 0 Å². The van der Waals surface area contributed by atoms with Gasteiger partial charge < -0.3 is 9.64 Å². The van der Waals surface area contributed by atoms with Crippen LogP contribution < -0.4 is 0 Å². The number of benzene rings is 1. The minimum absolute atomic E-state index is 0.0188. The molecule has 4 fully saturated rings. The highest BCUT2D eigenvalue weighted by Gasteiger charge is 2.54. The maximum absolute atomic E-state index is 13.0. The van der Waals surface area contributed by atoms with Crippen LogP contribution in [0.4, 0.5) is 0 Å². The van der Waals surface area contributed by atoms with E-state index in [0.717, 1.165) is 38.8 Å². The lowest BCUT2D eigenvalue weighted by Crippen LogP contribution is -2.52. The van der Waals surface area contributed by atoms with Crippen LogP contribution in [0.3, 0.4) is 0 Å². The van der Waals surface area contributed by atoms with Gasteiger partial charge in [0.05, 0.1) is 13.0 Å². The van der Waals surface area contributed by atoms with Crippen LogP contribution in [0, 0.1) is 23.7 Å². The summed E-state index contributed by atoms with van der Waals surface area (Å²) in [6, 6.07) is 7.04. The lowest BCUT2D eigenvalue weighted by Gasteiger charge is -2.54. The Balaban J connectivity index is 1.15. The number of carbonyl (C=O) groups is 2. The molecule has 2 saturated heterocycles. The van der Waals surface area contributed by atoms with E-state index in [-0.39, 0.29) is 22.7 Å². The van der Waals surface area contributed by atoms with E-state index in [4.69, 9.17) is 4.74 Å². The van der Waals surface area contributed by atoms with E-state index in [2.05, 4.69) is 50.8 Å². The summed E-state index contributed by atoms with van der Waals surface area (Å²) in [5.41, 5.74) is 5.02. The molecule has 4 nitrogen and oxygen atoms in total. The predicted molar refractivity (Wildman–Crippen MR) is 121 cm³/mol. The second-order valence-electron chi connectivity index (χ2n) is 12.2. The number of carbonyl (C=O) groups excluding carboxylic acids is 2. The molecule has 5 rings (SSSR count). The Hall–Kier alpha value is -1.84. The van der Waals surface area contributed by atoms with E-state index >= 15 is 0 Å². The summed E-state index contributed by atoms with van der Waals surface area (Å²) < 4.78 is 5.15. The first-order valence-electron chi connectivity index (χ1n) is 12.1. The van der Waals surface area contributed by atoms with Crippen LogP contribution in [-0.4, -0.2) is 36.5 Å². The molecule has 2 spiro atoms. The molecule has 2 aliphatic heterocycles. The number of rotatable bonds is 2. The van der Waals surface area contributed by atoms with E-state index in [1.165, 1.54) is 24.0 Å². The summed E-state index contributed by atoms with van der Waals surface area (Å²) in [4.78, 5) is 26.5. The quantitative estimate of drug-likeness (QED) is 0.620. The van der Waals surface area contributed by atoms with E-state index in [1.807, 2.05) is 0 Å². The monoisotopic (exact) mass is 423 g/mol. The van der Waals surface area contributed by atoms with Crippen molar-refractivity contribution in [2.24, 2.45) is 16.7 Å². The Kier molecular flexibility index (Phi) is 4.80. The largest absolute Gasteiger partial charge is 0.465 e. The van der Waals surface area contributed by atoms with Gasteiger partial charge >= 0.3 is 5.97 Å². The third kappa shape index (κ3) is 3.70. The van der Waals surface area contributed by atoms with Crippen LogP contribution in [0.2, 0.25) is 0 Å². The molecule has 31 heavy (non-hydrogen) atoms. The maximum atomic E-state index is 13.0. The molecule has 0 radical (unpaired) electrons. The summed E-state index contributed by atoms with van der Waals surface area (Å²) >= 11 is 0. The molecular weight excluding hydrogens is 386 g/mol. The van der Waals surface area contributed by atoms with Crippen LogP contribution in [0.5, 0.6) is 0 Å². The first-order valence-corrected chi connectivity index (χ1v) is 12.1. The zero-order valence-electron chi connectivity index (χ0n) is 19.6. The van der Waals surface area contributed by atoms with Gasteiger partial charge in [-0.3, -0.25) is 9.59 Å². The fraction of sp³-hybridized carbons (Fsp3) is 0.704. The highest BCUT2D eigenvalue weighted by molar-refractivity contribution is 5.81. The van der Waals surface area contributed by atoms with Crippen LogP contribution in [0.1, 0.15) is 88.3 Å². The van der Waals surface area contributed by atoms with Gasteiger partial charge in [-0.25, -0.2) is 0 Å². The molecule has 0 N–H and O–H groups in total. The van der Waals surface area contributed by atoms with Crippen molar-refractivity contribution in [3.8, 4) is 0 Å². The highest BCUT2D eigenvalue weighted by atomic mass is 16.5. The standard InChI is InChI=1S/C27H37NO3/c1-18-5-6-21(25(2,3)4)11-22(18)19-12-26(13-19)7-9-28(10-8-26)24(30)20-14-27(15-20)16-23(29)31-17-27/h5-6,11,19-20H,7-10,12-17H2,1-4H3. The van der Waals surface area contributed by atoms with Gasteiger partial charge in [0.2, 0.25) is 5.91 Å². The van der Waals surface area contributed by atoms with Crippen LogP contribution >= 0.6 is 0 Å². The summed E-state index contributed by atoms with van der Waals surface area (Å²) in [6.45, 7) is 11.5.